The first-order valence-corrected chi connectivity index (χ1v) is 15.5. The molecule has 49 heavy (non-hydrogen) atoms. The fourth-order valence-corrected chi connectivity index (χ4v) is 4.91. The molecular weight excluding hydrogens is 612 g/mol. The largest absolute Gasteiger partial charge is 0.469 e. The molecule has 5 aromatic carbocycles. The lowest BCUT2D eigenvalue weighted by Gasteiger charge is -2.26. The fourth-order valence-electron chi connectivity index (χ4n) is 4.91. The monoisotopic (exact) mass is 648 g/mol. The maximum absolute atomic E-state index is 11.8. The molecule has 9 heteroatoms. The molecule has 5 aromatic rings. The van der Waals surface area contributed by atoms with Crippen molar-refractivity contribution in [2.75, 3.05) is 4.90 Å². The summed E-state index contributed by atoms with van der Waals surface area (Å²) in [5.41, 5.74) is 11.7. The van der Waals surface area contributed by atoms with Gasteiger partial charge in [-0.05, 0) is 96.4 Å². The van der Waals surface area contributed by atoms with Gasteiger partial charge in [-0.25, -0.2) is 0 Å². The van der Waals surface area contributed by atoms with Gasteiger partial charge in [-0.3, -0.25) is 15.6 Å². The zero-order valence-corrected chi connectivity index (χ0v) is 26.9. The number of carbonyl (C=O) groups is 1. The van der Waals surface area contributed by atoms with Crippen molar-refractivity contribution < 1.29 is 14.3 Å². The third-order valence-corrected chi connectivity index (χ3v) is 7.50. The first kappa shape index (κ1) is 33.6. The number of benzene rings is 5. The van der Waals surface area contributed by atoms with Gasteiger partial charge in [0.1, 0.15) is 6.10 Å². The molecule has 0 aliphatic carbocycles. The molecule has 0 heterocycles. The van der Waals surface area contributed by atoms with E-state index >= 15 is 0 Å². The molecule has 9 nitrogen and oxygen atoms in total. The molecule has 0 aliphatic rings. The van der Waals surface area contributed by atoms with Crippen molar-refractivity contribution in [2.24, 2.45) is 16.7 Å². The van der Waals surface area contributed by atoms with Crippen LogP contribution in [0.2, 0.25) is 0 Å². The van der Waals surface area contributed by atoms with Gasteiger partial charge in [0.15, 0.2) is 0 Å². The molecule has 0 saturated carbocycles. The van der Waals surface area contributed by atoms with Crippen LogP contribution in [-0.2, 0) is 9.47 Å². The number of amides is 1. The van der Waals surface area contributed by atoms with E-state index < -0.39 is 5.91 Å². The molecule has 0 bridgehead atoms. The summed E-state index contributed by atoms with van der Waals surface area (Å²) in [6.45, 7) is 1.92. The van der Waals surface area contributed by atoms with Crippen LogP contribution in [0.1, 0.15) is 45.6 Å². The minimum Gasteiger partial charge on any atom is -0.469 e. The second kappa shape index (κ2) is 16.2. The molecule has 0 spiro atoms. The number of nitrogens with zero attached hydrogens (tertiary/aromatic N) is 2. The van der Waals surface area contributed by atoms with Crippen molar-refractivity contribution >= 4 is 52.8 Å². The smallest absolute Gasteiger partial charge is 0.248 e. The number of ether oxygens (including phenoxy) is 2. The summed E-state index contributed by atoms with van der Waals surface area (Å²) in [5, 5.41) is 20.4. The lowest BCUT2D eigenvalue weighted by Crippen LogP contribution is -2.14. The first-order valence-electron chi connectivity index (χ1n) is 15.5. The molecule has 0 aliphatic heterocycles. The van der Waals surface area contributed by atoms with Gasteiger partial charge in [-0.15, -0.1) is 5.10 Å². The maximum atomic E-state index is 11.8. The van der Waals surface area contributed by atoms with E-state index in [0.717, 1.165) is 33.8 Å². The van der Waals surface area contributed by atoms with E-state index in [0.29, 0.717) is 17.0 Å². The highest BCUT2D eigenvalue weighted by atomic mass is 16.5. The van der Waals surface area contributed by atoms with Crippen LogP contribution in [0.25, 0.3) is 12.2 Å². The Kier molecular flexibility index (Phi) is 11.1. The second-order valence-electron chi connectivity index (χ2n) is 10.9. The lowest BCUT2D eigenvalue weighted by atomic mass is 10.1. The normalized spacial score (nSPS) is 12.1. The SMILES string of the molecule is CC(OC(/C=C/c1ccccc1)=N\N)c1ccc(N(c2ccc(C(=N)OC(=N)/C=C/c3ccccc3)cc2)c2ccc(C(N)=O)cc2)cc1. The van der Waals surface area contributed by atoms with Crippen molar-refractivity contribution in [3.05, 3.63) is 173 Å². The van der Waals surface area contributed by atoms with Gasteiger partial charge in [-0.1, -0.05) is 72.8 Å². The minimum absolute atomic E-state index is 0.149. The van der Waals surface area contributed by atoms with E-state index in [1.165, 1.54) is 6.08 Å². The van der Waals surface area contributed by atoms with Crippen LogP contribution in [0.4, 0.5) is 17.1 Å². The van der Waals surface area contributed by atoms with Crippen LogP contribution in [0.3, 0.4) is 0 Å². The molecule has 1 unspecified atom stereocenters. The number of rotatable bonds is 11. The van der Waals surface area contributed by atoms with E-state index in [1.54, 1.807) is 36.4 Å². The van der Waals surface area contributed by atoms with Gasteiger partial charge >= 0.3 is 0 Å². The Morgan fingerprint density at radius 3 is 1.65 bits per heavy atom. The first-order chi connectivity index (χ1) is 23.8. The quantitative estimate of drug-likeness (QED) is 0.0491. The summed E-state index contributed by atoms with van der Waals surface area (Å²) in [5.74, 6) is 5.11. The highest BCUT2D eigenvalue weighted by Crippen LogP contribution is 2.35. The van der Waals surface area contributed by atoms with Gasteiger partial charge in [-0.2, -0.15) is 0 Å². The summed E-state index contributed by atoms with van der Waals surface area (Å²) >= 11 is 0. The Balaban J connectivity index is 1.34. The molecule has 5 rings (SSSR count). The Hall–Kier alpha value is -6.74. The van der Waals surface area contributed by atoms with Crippen LogP contribution in [-0.4, -0.2) is 23.6 Å². The molecule has 0 aromatic heterocycles. The average Bonchev–Trinajstić information content (AvgIpc) is 3.14. The average molecular weight is 649 g/mol. The number of nitrogens with one attached hydrogen (secondary N) is 2. The predicted molar refractivity (Wildman–Crippen MR) is 197 cm³/mol. The number of anilines is 3. The van der Waals surface area contributed by atoms with Crippen LogP contribution in [0.15, 0.2) is 151 Å². The molecular formula is C40H36N6O3. The van der Waals surface area contributed by atoms with E-state index in [4.69, 9.17) is 31.9 Å². The van der Waals surface area contributed by atoms with Crippen molar-refractivity contribution in [2.45, 2.75) is 13.0 Å². The maximum Gasteiger partial charge on any atom is 0.248 e. The Labute approximate surface area is 285 Å². The Bertz CT molecular complexity index is 1970. The van der Waals surface area contributed by atoms with Crippen LogP contribution < -0.4 is 16.5 Å². The highest BCUT2D eigenvalue weighted by molar-refractivity contribution is 6.03. The minimum atomic E-state index is -0.512. The number of carbonyl (C=O) groups excluding carboxylic acids is 1. The zero-order chi connectivity index (χ0) is 34.6. The van der Waals surface area contributed by atoms with Crippen LogP contribution in [0, 0.1) is 10.8 Å². The third-order valence-electron chi connectivity index (χ3n) is 7.50. The van der Waals surface area contributed by atoms with Gasteiger partial charge in [0.05, 0.1) is 0 Å². The summed E-state index contributed by atoms with van der Waals surface area (Å²) in [6, 6.07) is 41.5. The summed E-state index contributed by atoms with van der Waals surface area (Å²) < 4.78 is 11.5. The van der Waals surface area contributed by atoms with Crippen LogP contribution in [0.5, 0.6) is 0 Å². The van der Waals surface area contributed by atoms with Gasteiger partial charge in [0, 0.05) is 40.3 Å². The van der Waals surface area contributed by atoms with Gasteiger partial charge in [0.25, 0.3) is 0 Å². The predicted octanol–water partition coefficient (Wildman–Crippen LogP) is 8.35. The zero-order valence-electron chi connectivity index (χ0n) is 26.9. The molecule has 244 valence electrons. The van der Waals surface area contributed by atoms with E-state index in [-0.39, 0.29) is 17.9 Å². The molecule has 1 atom stereocenters. The summed E-state index contributed by atoms with van der Waals surface area (Å²) in [7, 11) is 0. The van der Waals surface area contributed by atoms with E-state index in [2.05, 4.69) is 5.10 Å². The second-order valence-corrected chi connectivity index (χ2v) is 10.9. The molecule has 0 radical (unpaired) electrons. The number of hydrogen-bond acceptors (Lipinski definition) is 8. The number of hydrogen-bond donors (Lipinski definition) is 4. The molecule has 0 saturated heterocycles. The fraction of sp³-hybridized carbons (Fsp3) is 0.0500. The number of hydrazone groups is 1. The number of primary amides is 1. The van der Waals surface area contributed by atoms with Gasteiger partial charge in [0.2, 0.25) is 23.6 Å². The Morgan fingerprint density at radius 1 is 0.694 bits per heavy atom. The molecule has 6 N–H and O–H groups in total. The summed E-state index contributed by atoms with van der Waals surface area (Å²) in [4.78, 5) is 13.8. The van der Waals surface area contributed by atoms with E-state index in [1.807, 2.05) is 127 Å². The van der Waals surface area contributed by atoms with Crippen molar-refractivity contribution in [1.82, 2.24) is 0 Å². The summed E-state index contributed by atoms with van der Waals surface area (Å²) in [6.07, 6.45) is 6.54. The third kappa shape index (κ3) is 9.17. The van der Waals surface area contributed by atoms with Crippen molar-refractivity contribution in [3.63, 3.8) is 0 Å². The number of nitrogens with two attached hydrogens (primary N) is 2. The van der Waals surface area contributed by atoms with E-state index in [9.17, 15) is 4.79 Å². The van der Waals surface area contributed by atoms with Crippen molar-refractivity contribution in [1.29, 1.82) is 10.8 Å². The van der Waals surface area contributed by atoms with Crippen molar-refractivity contribution in [3.8, 4) is 0 Å². The van der Waals surface area contributed by atoms with Gasteiger partial charge < -0.3 is 25.9 Å². The Morgan fingerprint density at radius 2 is 1.16 bits per heavy atom. The lowest BCUT2D eigenvalue weighted by molar-refractivity contribution is 0.1000. The molecule has 0 fully saturated rings. The standard InChI is InChI=1S/C40H36N6O3/c1-28(48-38(45-44)27-13-30-10-6-3-7-11-30)31-14-20-34(21-15-31)46(35-22-16-32(17-23-35)39(42)47)36-24-18-33(19-25-36)40(43)49-37(41)26-12-29-8-4-2-5-9-29/h2-28,41,43H,44H2,1H3,(H2,42,47)/b26-12+,27-13+,41-37?,43-40?,45-38-. The highest BCUT2D eigenvalue weighted by Gasteiger charge is 2.16. The topological polar surface area (TPSA) is 151 Å². The van der Waals surface area contributed by atoms with Crippen LogP contribution >= 0.6 is 0 Å². The molecule has 1 amide bonds.